The van der Waals surface area contributed by atoms with Gasteiger partial charge in [-0.1, -0.05) is 30.3 Å². The molecule has 2 rings (SSSR count). The molecule has 0 radical (unpaired) electrons. The van der Waals surface area contributed by atoms with Crippen molar-refractivity contribution in [3.63, 3.8) is 0 Å². The summed E-state index contributed by atoms with van der Waals surface area (Å²) in [6.45, 7) is 3.25. The maximum Gasteiger partial charge on any atom is 0.251 e. The van der Waals surface area contributed by atoms with Crippen molar-refractivity contribution in [3.05, 3.63) is 35.9 Å². The van der Waals surface area contributed by atoms with Gasteiger partial charge in [0.15, 0.2) is 0 Å². The van der Waals surface area contributed by atoms with E-state index in [1.165, 1.54) is 5.56 Å². The van der Waals surface area contributed by atoms with E-state index >= 15 is 0 Å². The van der Waals surface area contributed by atoms with E-state index in [2.05, 4.69) is 5.32 Å². The summed E-state index contributed by atoms with van der Waals surface area (Å²) in [5, 5.41) is 3.40. The molecule has 1 aromatic carbocycles. The first-order valence-corrected chi connectivity index (χ1v) is 5.97. The summed E-state index contributed by atoms with van der Waals surface area (Å²) < 4.78 is 24.9. The van der Waals surface area contributed by atoms with Crippen LogP contribution in [0.25, 0.3) is 0 Å². The van der Waals surface area contributed by atoms with Gasteiger partial charge >= 0.3 is 0 Å². The Labute approximate surface area is 101 Å². The minimum absolute atomic E-state index is 0.133. The summed E-state index contributed by atoms with van der Waals surface area (Å²) in [6, 6.07) is 10.3. The summed E-state index contributed by atoms with van der Waals surface area (Å²) in [6.07, 6.45) is -2.26. The van der Waals surface area contributed by atoms with E-state index in [1.54, 1.807) is 0 Å². The largest absolute Gasteiger partial charge is 0.307 e. The summed E-state index contributed by atoms with van der Waals surface area (Å²) >= 11 is 0. The smallest absolute Gasteiger partial charge is 0.251 e. The molecule has 0 spiro atoms. The Kier molecular flexibility index (Phi) is 4.07. The van der Waals surface area contributed by atoms with Gasteiger partial charge in [0.1, 0.15) is 0 Å². The zero-order chi connectivity index (χ0) is 12.3. The summed E-state index contributed by atoms with van der Waals surface area (Å²) in [5.74, 6) is 0. The fraction of sp³-hybridized carbons (Fsp3) is 0.538. The van der Waals surface area contributed by atoms with Crippen molar-refractivity contribution in [2.24, 2.45) is 0 Å². The second-order valence-corrected chi connectivity index (χ2v) is 4.57. The van der Waals surface area contributed by atoms with Crippen LogP contribution in [-0.2, 0) is 0 Å². The molecule has 17 heavy (non-hydrogen) atoms. The second kappa shape index (κ2) is 5.56. The molecule has 0 aliphatic carbocycles. The van der Waals surface area contributed by atoms with Gasteiger partial charge in [-0.3, -0.25) is 4.90 Å². The maximum atomic E-state index is 12.5. The van der Waals surface area contributed by atoms with Crippen LogP contribution in [0.5, 0.6) is 0 Å². The highest BCUT2D eigenvalue weighted by Crippen LogP contribution is 2.20. The van der Waals surface area contributed by atoms with Gasteiger partial charge in [0, 0.05) is 25.2 Å². The molecule has 2 unspecified atom stereocenters. The van der Waals surface area contributed by atoms with Crippen molar-refractivity contribution in [1.82, 2.24) is 10.2 Å². The number of nitrogens with one attached hydrogen (secondary N) is 1. The number of alkyl halides is 2. The van der Waals surface area contributed by atoms with E-state index in [9.17, 15) is 8.78 Å². The summed E-state index contributed by atoms with van der Waals surface area (Å²) in [5.41, 5.74) is 1.17. The third-order valence-electron chi connectivity index (χ3n) is 3.27. The monoisotopic (exact) mass is 240 g/mol. The van der Waals surface area contributed by atoms with Crippen molar-refractivity contribution in [3.8, 4) is 0 Å². The van der Waals surface area contributed by atoms with E-state index in [-0.39, 0.29) is 18.6 Å². The molecule has 0 bridgehead atoms. The highest BCUT2D eigenvalue weighted by atomic mass is 19.3. The summed E-state index contributed by atoms with van der Waals surface area (Å²) in [7, 11) is 0. The second-order valence-electron chi connectivity index (χ2n) is 4.57. The molecule has 1 aliphatic rings. The Hall–Kier alpha value is -1.00. The number of halogens is 2. The SMILES string of the molecule is CC1CNC(c2ccccc2)CN1CC(F)F. The molecule has 1 saturated heterocycles. The van der Waals surface area contributed by atoms with Crippen LogP contribution in [0, 0.1) is 0 Å². The average Bonchev–Trinajstić information content (AvgIpc) is 2.32. The third-order valence-corrected chi connectivity index (χ3v) is 3.27. The molecule has 1 fully saturated rings. The Morgan fingerprint density at radius 1 is 1.35 bits per heavy atom. The fourth-order valence-corrected chi connectivity index (χ4v) is 2.26. The van der Waals surface area contributed by atoms with Crippen LogP contribution in [0.15, 0.2) is 30.3 Å². The van der Waals surface area contributed by atoms with Gasteiger partial charge in [-0.2, -0.15) is 0 Å². The minimum Gasteiger partial charge on any atom is -0.307 e. The molecule has 1 aliphatic heterocycles. The van der Waals surface area contributed by atoms with E-state index in [1.807, 2.05) is 42.2 Å². The Morgan fingerprint density at radius 3 is 2.71 bits per heavy atom. The highest BCUT2D eigenvalue weighted by molar-refractivity contribution is 5.20. The van der Waals surface area contributed by atoms with Crippen molar-refractivity contribution in [1.29, 1.82) is 0 Å². The van der Waals surface area contributed by atoms with Crippen LogP contribution in [-0.4, -0.2) is 37.0 Å². The van der Waals surface area contributed by atoms with Crippen LogP contribution < -0.4 is 5.32 Å². The molecule has 2 atom stereocenters. The predicted molar refractivity (Wildman–Crippen MR) is 64.2 cm³/mol. The number of rotatable bonds is 3. The molecule has 0 amide bonds. The van der Waals surface area contributed by atoms with Gasteiger partial charge in [0.25, 0.3) is 6.43 Å². The minimum atomic E-state index is -2.26. The van der Waals surface area contributed by atoms with Gasteiger partial charge in [0.2, 0.25) is 0 Å². The number of nitrogens with zero attached hydrogens (tertiary/aromatic N) is 1. The van der Waals surface area contributed by atoms with Gasteiger partial charge in [-0.15, -0.1) is 0 Å². The molecule has 0 saturated carbocycles. The van der Waals surface area contributed by atoms with Crippen molar-refractivity contribution >= 4 is 0 Å². The van der Waals surface area contributed by atoms with Crippen LogP contribution in [0.4, 0.5) is 8.78 Å². The first-order chi connectivity index (χ1) is 8.16. The van der Waals surface area contributed by atoms with Crippen molar-refractivity contribution in [2.75, 3.05) is 19.6 Å². The first-order valence-electron chi connectivity index (χ1n) is 5.97. The van der Waals surface area contributed by atoms with Crippen LogP contribution >= 0.6 is 0 Å². The molecule has 1 aromatic rings. The predicted octanol–water partition coefficient (Wildman–Crippen LogP) is 2.29. The fourth-order valence-electron chi connectivity index (χ4n) is 2.26. The normalized spacial score (nSPS) is 26.4. The highest BCUT2D eigenvalue weighted by Gasteiger charge is 2.27. The van der Waals surface area contributed by atoms with Gasteiger partial charge in [-0.25, -0.2) is 8.78 Å². The zero-order valence-electron chi connectivity index (χ0n) is 9.94. The lowest BCUT2D eigenvalue weighted by Gasteiger charge is -2.38. The Morgan fingerprint density at radius 2 is 2.06 bits per heavy atom. The topological polar surface area (TPSA) is 15.3 Å². The Bertz CT molecular complexity index is 343. The third kappa shape index (κ3) is 3.23. The van der Waals surface area contributed by atoms with Gasteiger partial charge < -0.3 is 5.32 Å². The number of hydrogen-bond acceptors (Lipinski definition) is 2. The molecule has 1 N–H and O–H groups in total. The Balaban J connectivity index is 2.02. The number of hydrogen-bond donors (Lipinski definition) is 1. The average molecular weight is 240 g/mol. The van der Waals surface area contributed by atoms with E-state index in [4.69, 9.17) is 0 Å². The first kappa shape index (κ1) is 12.5. The summed E-state index contributed by atoms with van der Waals surface area (Å²) in [4.78, 5) is 1.86. The zero-order valence-corrected chi connectivity index (χ0v) is 9.94. The maximum absolute atomic E-state index is 12.5. The molecule has 0 aromatic heterocycles. The van der Waals surface area contributed by atoms with Gasteiger partial charge in [0.05, 0.1) is 6.54 Å². The molecular formula is C13H18F2N2. The van der Waals surface area contributed by atoms with E-state index in [0.29, 0.717) is 6.54 Å². The van der Waals surface area contributed by atoms with Crippen molar-refractivity contribution < 1.29 is 8.78 Å². The van der Waals surface area contributed by atoms with Crippen LogP contribution in [0.1, 0.15) is 18.5 Å². The lowest BCUT2D eigenvalue weighted by Crippen LogP contribution is -2.52. The van der Waals surface area contributed by atoms with Crippen LogP contribution in [0.2, 0.25) is 0 Å². The van der Waals surface area contributed by atoms with Crippen LogP contribution in [0.3, 0.4) is 0 Å². The molecule has 4 heteroatoms. The lowest BCUT2D eigenvalue weighted by molar-refractivity contribution is 0.0481. The quantitative estimate of drug-likeness (QED) is 0.872. The molecule has 94 valence electrons. The van der Waals surface area contributed by atoms with Gasteiger partial charge in [-0.05, 0) is 12.5 Å². The molecular weight excluding hydrogens is 222 g/mol. The number of piperazine rings is 1. The molecule has 2 nitrogen and oxygen atoms in total. The standard InChI is InChI=1S/C13H18F2N2/c1-10-7-16-12(8-17(10)9-13(14)15)11-5-3-2-4-6-11/h2-6,10,12-13,16H,7-9H2,1H3. The number of benzene rings is 1. The lowest BCUT2D eigenvalue weighted by atomic mass is 10.0. The van der Waals surface area contributed by atoms with E-state index in [0.717, 1.165) is 6.54 Å². The van der Waals surface area contributed by atoms with Crippen molar-refractivity contribution in [2.45, 2.75) is 25.4 Å². The molecule has 1 heterocycles. The van der Waals surface area contributed by atoms with E-state index < -0.39 is 6.43 Å².